The summed E-state index contributed by atoms with van der Waals surface area (Å²) in [4.78, 5) is 25.5. The van der Waals surface area contributed by atoms with Crippen molar-refractivity contribution in [2.75, 3.05) is 20.1 Å². The van der Waals surface area contributed by atoms with E-state index in [-0.39, 0.29) is 29.3 Å². The number of nitro benzene ring substituents is 1. The number of halogens is 1. The number of hydrogen-bond donors (Lipinski definition) is 1. The zero-order valence-corrected chi connectivity index (χ0v) is 14.9. The molecular weight excluding hydrogens is 338 g/mol. The molecule has 1 heterocycles. The van der Waals surface area contributed by atoms with Gasteiger partial charge in [-0.3, -0.25) is 14.9 Å². The van der Waals surface area contributed by atoms with Crippen LogP contribution in [0.1, 0.15) is 19.8 Å². The molecule has 1 aliphatic rings. The zero-order chi connectivity index (χ0) is 16.1. The van der Waals surface area contributed by atoms with E-state index in [1.54, 1.807) is 12.1 Å². The number of amides is 1. The van der Waals surface area contributed by atoms with Gasteiger partial charge in [-0.1, -0.05) is 0 Å². The van der Waals surface area contributed by atoms with Crippen molar-refractivity contribution in [2.45, 2.75) is 36.0 Å². The van der Waals surface area contributed by atoms with E-state index in [4.69, 9.17) is 0 Å². The second kappa shape index (κ2) is 9.10. The molecule has 1 aliphatic heterocycles. The summed E-state index contributed by atoms with van der Waals surface area (Å²) in [5.41, 5.74) is 0.0659. The van der Waals surface area contributed by atoms with Crippen molar-refractivity contribution in [3.63, 3.8) is 0 Å². The number of hydrogen-bond acceptors (Lipinski definition) is 5. The number of nitrogens with zero attached hydrogens (tertiary/aromatic N) is 2. The van der Waals surface area contributed by atoms with E-state index in [0.717, 1.165) is 30.8 Å². The Hall–Kier alpha value is -1.31. The number of piperidine rings is 1. The molecule has 0 aliphatic carbocycles. The first-order valence-corrected chi connectivity index (χ1v) is 8.26. The first kappa shape index (κ1) is 19.7. The molecule has 23 heavy (non-hydrogen) atoms. The Bertz CT molecular complexity index is 541. The third-order valence-electron chi connectivity index (χ3n) is 3.85. The van der Waals surface area contributed by atoms with Gasteiger partial charge in [-0.25, -0.2) is 0 Å². The average molecular weight is 360 g/mol. The Morgan fingerprint density at radius 2 is 2.09 bits per heavy atom. The summed E-state index contributed by atoms with van der Waals surface area (Å²) in [6.45, 7) is 3.44. The van der Waals surface area contributed by atoms with E-state index in [0.29, 0.717) is 6.04 Å². The fraction of sp³-hybridized carbons (Fsp3) is 0.533. The highest BCUT2D eigenvalue weighted by Crippen LogP contribution is 2.27. The smallest absolute Gasteiger partial charge is 0.269 e. The Kier molecular flexibility index (Phi) is 7.81. The molecule has 0 bridgehead atoms. The first-order chi connectivity index (χ1) is 10.5. The Labute approximate surface area is 146 Å². The van der Waals surface area contributed by atoms with Crippen molar-refractivity contribution in [1.29, 1.82) is 0 Å². The molecule has 1 aromatic carbocycles. The molecule has 8 heteroatoms. The zero-order valence-electron chi connectivity index (χ0n) is 13.2. The minimum Gasteiger partial charge on any atom is -0.340 e. The predicted molar refractivity (Wildman–Crippen MR) is 94.3 cm³/mol. The lowest BCUT2D eigenvalue weighted by molar-refractivity contribution is -0.384. The molecule has 1 N–H and O–H groups in total. The molecule has 2 unspecified atom stereocenters. The van der Waals surface area contributed by atoms with E-state index in [9.17, 15) is 14.9 Å². The molecule has 2 atom stereocenters. The van der Waals surface area contributed by atoms with E-state index in [2.05, 4.69) is 5.32 Å². The van der Waals surface area contributed by atoms with Crippen molar-refractivity contribution in [1.82, 2.24) is 10.2 Å². The third-order valence-corrected chi connectivity index (χ3v) is 4.95. The third kappa shape index (κ3) is 5.37. The molecule has 0 spiro atoms. The van der Waals surface area contributed by atoms with Gasteiger partial charge >= 0.3 is 0 Å². The van der Waals surface area contributed by atoms with Crippen molar-refractivity contribution in [2.24, 2.45) is 0 Å². The fourth-order valence-electron chi connectivity index (χ4n) is 2.57. The summed E-state index contributed by atoms with van der Waals surface area (Å²) in [6, 6.07) is 6.70. The quantitative estimate of drug-likeness (QED) is 0.497. The van der Waals surface area contributed by atoms with Crippen molar-refractivity contribution >= 4 is 35.8 Å². The number of rotatable bonds is 5. The number of carbonyl (C=O) groups excluding carboxylic acids is 1. The van der Waals surface area contributed by atoms with Crippen LogP contribution in [-0.2, 0) is 4.79 Å². The maximum Gasteiger partial charge on any atom is 0.269 e. The molecule has 128 valence electrons. The van der Waals surface area contributed by atoms with Gasteiger partial charge in [0, 0.05) is 36.2 Å². The highest BCUT2D eigenvalue weighted by molar-refractivity contribution is 8.00. The topological polar surface area (TPSA) is 75.5 Å². The Morgan fingerprint density at radius 3 is 2.65 bits per heavy atom. The number of nitrogens with one attached hydrogen (secondary N) is 1. The Morgan fingerprint density at radius 1 is 1.43 bits per heavy atom. The summed E-state index contributed by atoms with van der Waals surface area (Å²) >= 11 is 1.44. The normalized spacial score (nSPS) is 18.9. The van der Waals surface area contributed by atoms with Crippen molar-refractivity contribution in [3.05, 3.63) is 34.4 Å². The van der Waals surface area contributed by atoms with Gasteiger partial charge < -0.3 is 10.2 Å². The number of non-ortho nitro benzene ring substituents is 1. The minimum atomic E-state index is -0.422. The number of thioether (sulfide) groups is 1. The van der Waals surface area contributed by atoms with Crippen LogP contribution in [0.25, 0.3) is 0 Å². The summed E-state index contributed by atoms with van der Waals surface area (Å²) in [6.07, 6.45) is 2.12. The molecule has 1 aromatic rings. The van der Waals surface area contributed by atoms with Crippen LogP contribution in [0.15, 0.2) is 29.2 Å². The van der Waals surface area contributed by atoms with Crippen LogP contribution in [0.5, 0.6) is 0 Å². The van der Waals surface area contributed by atoms with Crippen LogP contribution in [0, 0.1) is 10.1 Å². The van der Waals surface area contributed by atoms with Crippen LogP contribution in [-0.4, -0.2) is 47.2 Å². The standard InChI is InChI=1S/C15H21N3O3S.ClH/c1-11(15(19)17-9-3-4-12(10-17)16-2)22-14-7-5-13(6-8-14)18(20)21;/h5-8,11-12,16H,3-4,9-10H2,1-2H3;1H. The van der Waals surface area contributed by atoms with E-state index < -0.39 is 4.92 Å². The van der Waals surface area contributed by atoms with Gasteiger partial charge in [-0.2, -0.15) is 0 Å². The SMILES string of the molecule is CNC1CCCN(C(=O)C(C)Sc2ccc([N+](=O)[O-])cc2)C1.Cl. The molecule has 1 saturated heterocycles. The number of likely N-dealkylation sites (N-methyl/N-ethyl adjacent to an activating group) is 1. The summed E-state index contributed by atoms with van der Waals surface area (Å²) < 4.78 is 0. The molecular formula is C15H22ClN3O3S. The number of nitro groups is 1. The van der Waals surface area contributed by atoms with Crippen LogP contribution < -0.4 is 5.32 Å². The van der Waals surface area contributed by atoms with Crippen LogP contribution in [0.3, 0.4) is 0 Å². The monoisotopic (exact) mass is 359 g/mol. The molecule has 0 aromatic heterocycles. The fourth-order valence-corrected chi connectivity index (χ4v) is 3.52. The van der Waals surface area contributed by atoms with Gasteiger partial charge in [0.05, 0.1) is 10.2 Å². The molecule has 1 fully saturated rings. The highest BCUT2D eigenvalue weighted by atomic mass is 35.5. The van der Waals surface area contributed by atoms with Gasteiger partial charge in [0.2, 0.25) is 5.91 Å². The maximum absolute atomic E-state index is 12.5. The second-order valence-electron chi connectivity index (χ2n) is 5.42. The predicted octanol–water partition coefficient (Wildman–Crippen LogP) is 2.71. The number of likely N-dealkylation sites (tertiary alicyclic amines) is 1. The maximum atomic E-state index is 12.5. The number of benzene rings is 1. The van der Waals surface area contributed by atoms with Crippen LogP contribution in [0.4, 0.5) is 5.69 Å². The summed E-state index contributed by atoms with van der Waals surface area (Å²) in [5.74, 6) is 0.128. The van der Waals surface area contributed by atoms with Gasteiger partial charge in [0.15, 0.2) is 0 Å². The lowest BCUT2D eigenvalue weighted by atomic mass is 10.1. The molecule has 0 radical (unpaired) electrons. The second-order valence-corrected chi connectivity index (χ2v) is 6.84. The van der Waals surface area contributed by atoms with Crippen molar-refractivity contribution in [3.8, 4) is 0 Å². The average Bonchev–Trinajstić information content (AvgIpc) is 2.54. The number of carbonyl (C=O) groups is 1. The molecule has 2 rings (SSSR count). The van der Waals surface area contributed by atoms with E-state index in [1.807, 2.05) is 18.9 Å². The molecule has 0 saturated carbocycles. The molecule has 1 amide bonds. The van der Waals surface area contributed by atoms with Gasteiger partial charge in [0.25, 0.3) is 5.69 Å². The van der Waals surface area contributed by atoms with Crippen LogP contribution >= 0.6 is 24.2 Å². The van der Waals surface area contributed by atoms with Gasteiger partial charge in [0.1, 0.15) is 0 Å². The lowest BCUT2D eigenvalue weighted by Crippen LogP contribution is -2.49. The van der Waals surface area contributed by atoms with E-state index >= 15 is 0 Å². The lowest BCUT2D eigenvalue weighted by Gasteiger charge is -2.34. The minimum absolute atomic E-state index is 0. The van der Waals surface area contributed by atoms with Crippen LogP contribution in [0.2, 0.25) is 0 Å². The first-order valence-electron chi connectivity index (χ1n) is 7.38. The van der Waals surface area contributed by atoms with Crippen molar-refractivity contribution < 1.29 is 9.72 Å². The summed E-state index contributed by atoms with van der Waals surface area (Å²) in [7, 11) is 1.92. The van der Waals surface area contributed by atoms with Gasteiger partial charge in [-0.15, -0.1) is 24.2 Å². The van der Waals surface area contributed by atoms with Gasteiger partial charge in [-0.05, 0) is 38.9 Å². The summed E-state index contributed by atoms with van der Waals surface area (Å²) in [5, 5.41) is 13.7. The molecule has 6 nitrogen and oxygen atoms in total. The Balaban J connectivity index is 0.00000264. The van der Waals surface area contributed by atoms with E-state index in [1.165, 1.54) is 23.9 Å². The highest BCUT2D eigenvalue weighted by Gasteiger charge is 2.26. The largest absolute Gasteiger partial charge is 0.340 e.